The van der Waals surface area contributed by atoms with Gasteiger partial charge in [-0.2, -0.15) is 5.10 Å². The zero-order chi connectivity index (χ0) is 17.1. The third-order valence-corrected chi connectivity index (χ3v) is 5.55. The van der Waals surface area contributed by atoms with Crippen LogP contribution in [-0.2, 0) is 16.9 Å². The molecule has 0 bridgehead atoms. The van der Waals surface area contributed by atoms with Gasteiger partial charge in [-0.1, -0.05) is 30.3 Å². The molecule has 1 aliphatic carbocycles. The number of hydrogen-bond acceptors (Lipinski definition) is 3. The molecule has 1 aromatic carbocycles. The molecule has 1 N–H and O–H groups in total. The van der Waals surface area contributed by atoms with Gasteiger partial charge < -0.3 is 5.32 Å². The number of carbonyl (C=O) groups is 1. The third-order valence-electron chi connectivity index (χ3n) is 5.55. The van der Waals surface area contributed by atoms with Crippen LogP contribution < -0.4 is 5.32 Å². The molecule has 0 unspecified atom stereocenters. The lowest BCUT2D eigenvalue weighted by molar-refractivity contribution is -0.133. The molecule has 0 radical (unpaired) electrons. The second-order valence-electron chi connectivity index (χ2n) is 7.40. The zero-order valence-electron chi connectivity index (χ0n) is 14.6. The molecule has 5 nitrogen and oxygen atoms in total. The maximum Gasteiger partial charge on any atom is 0.248 e. The number of likely N-dealkylation sites (tertiary alicyclic amines) is 1. The van der Waals surface area contributed by atoms with E-state index >= 15 is 0 Å². The number of hydrogen-bond donors (Lipinski definition) is 1. The molecule has 4 rings (SSSR count). The molecule has 0 atom stereocenters. The number of nitrogens with zero attached hydrogens (tertiary/aromatic N) is 3. The lowest BCUT2D eigenvalue weighted by Gasteiger charge is -2.40. The summed E-state index contributed by atoms with van der Waals surface area (Å²) in [7, 11) is 0. The summed E-state index contributed by atoms with van der Waals surface area (Å²) in [5.41, 5.74) is 0.790. The number of amides is 1. The van der Waals surface area contributed by atoms with Gasteiger partial charge in [0.2, 0.25) is 5.91 Å². The van der Waals surface area contributed by atoms with Gasteiger partial charge in [-0.15, -0.1) is 0 Å². The molecule has 1 saturated carbocycles. The standard InChI is InChI=1S/C20H26N4O/c25-19(21-15-17-7-8-17)20(24-12-4-11-22-24)9-13-23(14-10-20)16-18-5-2-1-3-6-18/h1-6,11-12,17H,7-10,13-16H2,(H,21,25). The minimum atomic E-state index is -0.536. The second kappa shape index (κ2) is 7.00. The molecule has 2 heterocycles. The molecule has 2 aliphatic rings. The van der Waals surface area contributed by atoms with E-state index in [-0.39, 0.29) is 5.91 Å². The SMILES string of the molecule is O=C(NCC1CC1)C1(n2cccn2)CCN(Cc2ccccc2)CC1. The first-order valence-electron chi connectivity index (χ1n) is 9.31. The minimum Gasteiger partial charge on any atom is -0.354 e. The van der Waals surface area contributed by atoms with Crippen LogP contribution >= 0.6 is 0 Å². The van der Waals surface area contributed by atoms with Gasteiger partial charge in [-0.25, -0.2) is 0 Å². The number of carbonyl (C=O) groups excluding carboxylic acids is 1. The summed E-state index contributed by atoms with van der Waals surface area (Å²) in [6.45, 7) is 3.58. The van der Waals surface area contributed by atoms with Crippen LogP contribution in [0.1, 0.15) is 31.2 Å². The molecule has 2 fully saturated rings. The van der Waals surface area contributed by atoms with Crippen LogP contribution in [0.15, 0.2) is 48.8 Å². The highest BCUT2D eigenvalue weighted by molar-refractivity contribution is 5.84. The Labute approximate surface area is 149 Å². The van der Waals surface area contributed by atoms with Crippen LogP contribution in [0.25, 0.3) is 0 Å². The first-order chi connectivity index (χ1) is 12.3. The lowest BCUT2D eigenvalue weighted by Crippen LogP contribution is -2.55. The van der Waals surface area contributed by atoms with Crippen molar-refractivity contribution in [1.82, 2.24) is 20.0 Å². The largest absolute Gasteiger partial charge is 0.354 e. The molecular weight excluding hydrogens is 312 g/mol. The van der Waals surface area contributed by atoms with E-state index in [1.165, 1.54) is 18.4 Å². The molecule has 25 heavy (non-hydrogen) atoms. The van der Waals surface area contributed by atoms with Gasteiger partial charge in [0.05, 0.1) is 0 Å². The Morgan fingerprint density at radius 3 is 2.56 bits per heavy atom. The topological polar surface area (TPSA) is 50.2 Å². The van der Waals surface area contributed by atoms with E-state index in [1.807, 2.05) is 23.0 Å². The molecule has 1 aromatic heterocycles. The Morgan fingerprint density at radius 2 is 1.92 bits per heavy atom. The summed E-state index contributed by atoms with van der Waals surface area (Å²) in [4.78, 5) is 15.5. The quantitative estimate of drug-likeness (QED) is 0.880. The van der Waals surface area contributed by atoms with Crippen molar-refractivity contribution < 1.29 is 4.79 Å². The van der Waals surface area contributed by atoms with Crippen molar-refractivity contribution in [1.29, 1.82) is 0 Å². The molecule has 1 aliphatic heterocycles. The average molecular weight is 338 g/mol. The van der Waals surface area contributed by atoms with Gasteiger partial charge in [-0.05, 0) is 43.2 Å². The molecule has 1 amide bonds. The molecule has 0 spiro atoms. The first kappa shape index (κ1) is 16.3. The Balaban J connectivity index is 1.44. The van der Waals surface area contributed by atoms with E-state index in [2.05, 4.69) is 39.6 Å². The Kier molecular flexibility index (Phi) is 4.57. The maximum absolute atomic E-state index is 13.0. The van der Waals surface area contributed by atoms with Crippen molar-refractivity contribution in [2.24, 2.45) is 5.92 Å². The zero-order valence-corrected chi connectivity index (χ0v) is 14.6. The number of nitrogens with one attached hydrogen (secondary N) is 1. The fraction of sp³-hybridized carbons (Fsp3) is 0.500. The molecule has 1 saturated heterocycles. The predicted octanol–water partition coefficient (Wildman–Crippen LogP) is 2.40. The highest BCUT2D eigenvalue weighted by Gasteiger charge is 2.43. The van der Waals surface area contributed by atoms with Crippen molar-refractivity contribution in [3.63, 3.8) is 0 Å². The van der Waals surface area contributed by atoms with Gasteiger partial charge in [0.25, 0.3) is 0 Å². The molecule has 2 aromatic rings. The monoisotopic (exact) mass is 338 g/mol. The number of rotatable bonds is 6. The van der Waals surface area contributed by atoms with Crippen molar-refractivity contribution >= 4 is 5.91 Å². The van der Waals surface area contributed by atoms with Gasteiger partial charge in [0.15, 0.2) is 0 Å². The van der Waals surface area contributed by atoms with Gasteiger partial charge in [-0.3, -0.25) is 14.4 Å². The van der Waals surface area contributed by atoms with Crippen LogP contribution in [0, 0.1) is 5.92 Å². The normalized spacial score (nSPS) is 20.3. The van der Waals surface area contributed by atoms with Crippen LogP contribution in [0.5, 0.6) is 0 Å². The summed E-state index contributed by atoms with van der Waals surface area (Å²) in [6.07, 6.45) is 7.81. The Hall–Kier alpha value is -2.14. The van der Waals surface area contributed by atoms with E-state index in [0.29, 0.717) is 5.92 Å². The van der Waals surface area contributed by atoms with E-state index in [9.17, 15) is 4.79 Å². The number of piperidine rings is 1. The third kappa shape index (κ3) is 3.61. The van der Waals surface area contributed by atoms with Crippen molar-refractivity contribution in [3.05, 3.63) is 54.4 Å². The smallest absolute Gasteiger partial charge is 0.248 e. The molecule has 132 valence electrons. The van der Waals surface area contributed by atoms with E-state index in [1.54, 1.807) is 6.20 Å². The van der Waals surface area contributed by atoms with Gasteiger partial charge in [0.1, 0.15) is 5.54 Å². The first-order valence-corrected chi connectivity index (χ1v) is 9.31. The fourth-order valence-corrected chi connectivity index (χ4v) is 3.73. The van der Waals surface area contributed by atoms with Gasteiger partial charge in [0, 0.05) is 38.6 Å². The Morgan fingerprint density at radius 1 is 1.16 bits per heavy atom. The second-order valence-corrected chi connectivity index (χ2v) is 7.40. The predicted molar refractivity (Wildman–Crippen MR) is 96.9 cm³/mol. The van der Waals surface area contributed by atoms with Crippen molar-refractivity contribution in [3.8, 4) is 0 Å². The highest BCUT2D eigenvalue weighted by Crippen LogP contribution is 2.32. The summed E-state index contributed by atoms with van der Waals surface area (Å²) < 4.78 is 1.88. The van der Waals surface area contributed by atoms with Crippen molar-refractivity contribution in [2.75, 3.05) is 19.6 Å². The van der Waals surface area contributed by atoms with E-state index in [0.717, 1.165) is 39.0 Å². The summed E-state index contributed by atoms with van der Waals surface area (Å²) in [6, 6.07) is 12.4. The maximum atomic E-state index is 13.0. The lowest BCUT2D eigenvalue weighted by atomic mass is 9.86. The number of aromatic nitrogens is 2. The fourth-order valence-electron chi connectivity index (χ4n) is 3.73. The molecule has 5 heteroatoms. The van der Waals surface area contributed by atoms with Gasteiger partial charge >= 0.3 is 0 Å². The van der Waals surface area contributed by atoms with Crippen molar-refractivity contribution in [2.45, 2.75) is 37.8 Å². The Bertz CT molecular complexity index is 686. The van der Waals surface area contributed by atoms with E-state index in [4.69, 9.17) is 0 Å². The van der Waals surface area contributed by atoms with Crippen LogP contribution in [0.2, 0.25) is 0 Å². The van der Waals surface area contributed by atoms with Crippen LogP contribution in [-0.4, -0.2) is 40.2 Å². The minimum absolute atomic E-state index is 0.141. The highest BCUT2D eigenvalue weighted by atomic mass is 16.2. The van der Waals surface area contributed by atoms with E-state index < -0.39 is 5.54 Å². The van der Waals surface area contributed by atoms with Crippen LogP contribution in [0.3, 0.4) is 0 Å². The summed E-state index contributed by atoms with van der Waals surface area (Å²) in [5.74, 6) is 0.833. The van der Waals surface area contributed by atoms with Crippen LogP contribution in [0.4, 0.5) is 0 Å². The summed E-state index contributed by atoms with van der Waals surface area (Å²) >= 11 is 0. The number of benzene rings is 1. The summed E-state index contributed by atoms with van der Waals surface area (Å²) in [5, 5.41) is 7.61. The average Bonchev–Trinajstić information content (AvgIpc) is 3.32. The molecular formula is C20H26N4O.